The average Bonchev–Trinajstić information content (AvgIpc) is 2.43. The number of methoxy groups -OCH3 is 2. The van der Waals surface area contributed by atoms with Crippen molar-refractivity contribution in [2.24, 2.45) is 0 Å². The number of halogens is 2. The van der Waals surface area contributed by atoms with Crippen molar-refractivity contribution in [2.45, 2.75) is 11.8 Å². The molecule has 0 saturated heterocycles. The number of ether oxygens (including phenoxy) is 2. The van der Waals surface area contributed by atoms with E-state index in [-0.39, 0.29) is 28.8 Å². The van der Waals surface area contributed by atoms with E-state index < -0.39 is 16.0 Å². The zero-order valence-corrected chi connectivity index (χ0v) is 14.9. The van der Waals surface area contributed by atoms with Gasteiger partial charge in [0.25, 0.3) is 0 Å². The van der Waals surface area contributed by atoms with Gasteiger partial charge in [-0.05, 0) is 28.1 Å². The van der Waals surface area contributed by atoms with E-state index in [0.717, 1.165) is 4.31 Å². The molecule has 0 amide bonds. The van der Waals surface area contributed by atoms with Crippen molar-refractivity contribution in [2.75, 3.05) is 27.3 Å². The summed E-state index contributed by atoms with van der Waals surface area (Å²) in [6.07, 6.45) is 0. The number of esters is 1. The van der Waals surface area contributed by atoms with Crippen LogP contribution in [-0.4, -0.2) is 46.0 Å². The zero-order chi connectivity index (χ0) is 16.2. The lowest BCUT2D eigenvalue weighted by Gasteiger charge is -2.21. The van der Waals surface area contributed by atoms with Crippen molar-refractivity contribution < 1.29 is 22.7 Å². The molecule has 1 rings (SSSR count). The van der Waals surface area contributed by atoms with E-state index in [0.29, 0.717) is 4.47 Å². The minimum absolute atomic E-state index is 0.102. The Labute approximate surface area is 137 Å². The molecular weight excluding hydrogens is 386 g/mol. The number of nitrogens with zero attached hydrogens (tertiary/aromatic N) is 1. The summed E-state index contributed by atoms with van der Waals surface area (Å²) in [7, 11) is -1.41. The summed E-state index contributed by atoms with van der Waals surface area (Å²) in [5.74, 6) is -0.525. The van der Waals surface area contributed by atoms with E-state index in [4.69, 9.17) is 16.3 Å². The highest BCUT2D eigenvalue weighted by molar-refractivity contribution is 9.10. The second-order valence-electron chi connectivity index (χ2n) is 3.93. The SMILES string of the molecule is CCN(CC(=O)OC)S(=O)(=O)c1cc(Cl)cc(Br)c1OC. The van der Waals surface area contributed by atoms with Gasteiger partial charge >= 0.3 is 5.97 Å². The fraction of sp³-hybridized carbons (Fsp3) is 0.417. The normalized spacial score (nSPS) is 11.5. The number of carbonyl (C=O) groups is 1. The molecule has 0 aromatic heterocycles. The number of likely N-dealkylation sites (N-methyl/N-ethyl adjacent to an activating group) is 1. The molecule has 118 valence electrons. The highest BCUT2D eigenvalue weighted by Crippen LogP contribution is 2.36. The number of carbonyl (C=O) groups excluding carboxylic acids is 1. The van der Waals surface area contributed by atoms with Gasteiger partial charge in [-0.3, -0.25) is 4.79 Å². The fourth-order valence-electron chi connectivity index (χ4n) is 1.64. The van der Waals surface area contributed by atoms with Gasteiger partial charge < -0.3 is 9.47 Å². The van der Waals surface area contributed by atoms with Crippen LogP contribution in [0, 0.1) is 0 Å². The van der Waals surface area contributed by atoms with Gasteiger partial charge in [0, 0.05) is 11.6 Å². The molecule has 0 heterocycles. The van der Waals surface area contributed by atoms with Crippen LogP contribution in [0.25, 0.3) is 0 Å². The van der Waals surface area contributed by atoms with Crippen LogP contribution in [0.1, 0.15) is 6.92 Å². The Morgan fingerprint density at radius 3 is 2.48 bits per heavy atom. The van der Waals surface area contributed by atoms with Crippen molar-refractivity contribution in [3.05, 3.63) is 21.6 Å². The van der Waals surface area contributed by atoms with E-state index >= 15 is 0 Å². The van der Waals surface area contributed by atoms with Crippen LogP contribution in [0.3, 0.4) is 0 Å². The molecule has 0 aliphatic heterocycles. The third kappa shape index (κ3) is 4.09. The maximum Gasteiger partial charge on any atom is 0.321 e. The Morgan fingerprint density at radius 2 is 2.00 bits per heavy atom. The molecule has 9 heteroatoms. The van der Waals surface area contributed by atoms with E-state index in [1.807, 2.05) is 0 Å². The number of sulfonamides is 1. The first kappa shape index (κ1) is 18.2. The van der Waals surface area contributed by atoms with Crippen LogP contribution < -0.4 is 4.74 Å². The van der Waals surface area contributed by atoms with Gasteiger partial charge in [0.05, 0.1) is 18.7 Å². The second kappa shape index (κ2) is 7.44. The number of benzene rings is 1. The lowest BCUT2D eigenvalue weighted by molar-refractivity contribution is -0.140. The molecule has 1 aromatic carbocycles. The molecule has 0 saturated carbocycles. The molecule has 0 aliphatic carbocycles. The van der Waals surface area contributed by atoms with Crippen molar-refractivity contribution in [1.29, 1.82) is 0 Å². The van der Waals surface area contributed by atoms with Crippen LogP contribution in [0.4, 0.5) is 0 Å². The number of rotatable bonds is 6. The van der Waals surface area contributed by atoms with E-state index in [9.17, 15) is 13.2 Å². The van der Waals surface area contributed by atoms with Gasteiger partial charge in [-0.25, -0.2) is 8.42 Å². The molecule has 0 fully saturated rings. The number of hydrogen-bond acceptors (Lipinski definition) is 5. The minimum atomic E-state index is -3.95. The minimum Gasteiger partial charge on any atom is -0.494 e. The molecule has 0 spiro atoms. The van der Waals surface area contributed by atoms with Crippen molar-refractivity contribution >= 4 is 43.5 Å². The van der Waals surface area contributed by atoms with Crippen LogP contribution >= 0.6 is 27.5 Å². The average molecular weight is 401 g/mol. The summed E-state index contributed by atoms with van der Waals surface area (Å²) >= 11 is 9.11. The summed E-state index contributed by atoms with van der Waals surface area (Å²) < 4.78 is 36.3. The highest BCUT2D eigenvalue weighted by atomic mass is 79.9. The summed E-state index contributed by atoms with van der Waals surface area (Å²) in [5.41, 5.74) is 0. The standard InChI is InChI=1S/C12H15BrClNO5S/c1-4-15(7-11(16)19-2)21(17,18)10-6-8(14)5-9(13)12(10)20-3/h5-6H,4,7H2,1-3H3. The number of hydrogen-bond donors (Lipinski definition) is 0. The third-order valence-corrected chi connectivity index (χ3v) is 5.42. The highest BCUT2D eigenvalue weighted by Gasteiger charge is 2.30. The topological polar surface area (TPSA) is 72.9 Å². The molecule has 6 nitrogen and oxygen atoms in total. The summed E-state index contributed by atoms with van der Waals surface area (Å²) in [4.78, 5) is 11.2. The van der Waals surface area contributed by atoms with Crippen LogP contribution in [0.2, 0.25) is 5.02 Å². The fourth-order valence-corrected chi connectivity index (χ4v) is 4.41. The lowest BCUT2D eigenvalue weighted by Crippen LogP contribution is -2.36. The van der Waals surface area contributed by atoms with Crippen molar-refractivity contribution in [3.8, 4) is 5.75 Å². The predicted molar refractivity (Wildman–Crippen MR) is 82.2 cm³/mol. The smallest absolute Gasteiger partial charge is 0.321 e. The van der Waals surface area contributed by atoms with Gasteiger partial charge in [-0.15, -0.1) is 0 Å². The summed E-state index contributed by atoms with van der Waals surface area (Å²) in [6.45, 7) is 1.33. The van der Waals surface area contributed by atoms with E-state index in [1.54, 1.807) is 6.92 Å². The molecule has 0 aliphatic rings. The first-order valence-corrected chi connectivity index (χ1v) is 8.49. The van der Waals surface area contributed by atoms with Crippen molar-refractivity contribution in [1.82, 2.24) is 4.31 Å². The molecular formula is C12H15BrClNO5S. The van der Waals surface area contributed by atoms with Crippen LogP contribution in [-0.2, 0) is 19.6 Å². The monoisotopic (exact) mass is 399 g/mol. The van der Waals surface area contributed by atoms with Crippen LogP contribution in [0.5, 0.6) is 5.75 Å². The predicted octanol–water partition coefficient (Wildman–Crippen LogP) is 2.29. The molecule has 0 radical (unpaired) electrons. The Hall–Kier alpha value is -0.830. The maximum atomic E-state index is 12.7. The zero-order valence-electron chi connectivity index (χ0n) is 11.7. The van der Waals surface area contributed by atoms with Gasteiger partial charge in [-0.2, -0.15) is 4.31 Å². The molecule has 0 bridgehead atoms. The Balaban J connectivity index is 3.38. The quantitative estimate of drug-likeness (QED) is 0.685. The van der Waals surface area contributed by atoms with Crippen LogP contribution in [0.15, 0.2) is 21.5 Å². The summed E-state index contributed by atoms with van der Waals surface area (Å²) in [5, 5.41) is 0.232. The molecule has 0 unspecified atom stereocenters. The van der Waals surface area contributed by atoms with E-state index in [1.165, 1.54) is 26.4 Å². The Kier molecular flexibility index (Phi) is 6.45. The Bertz CT molecular complexity index is 635. The van der Waals surface area contributed by atoms with Gasteiger partial charge in [0.2, 0.25) is 10.0 Å². The van der Waals surface area contributed by atoms with Gasteiger partial charge in [0.15, 0.2) is 5.75 Å². The lowest BCUT2D eigenvalue weighted by atomic mass is 10.3. The third-order valence-electron chi connectivity index (χ3n) is 2.68. The van der Waals surface area contributed by atoms with Gasteiger partial charge in [0.1, 0.15) is 11.4 Å². The summed E-state index contributed by atoms with van der Waals surface area (Å²) in [6, 6.07) is 2.80. The maximum absolute atomic E-state index is 12.7. The second-order valence-corrected chi connectivity index (χ2v) is 7.12. The molecule has 0 N–H and O–H groups in total. The first-order chi connectivity index (χ1) is 9.77. The molecule has 21 heavy (non-hydrogen) atoms. The molecule has 0 atom stereocenters. The molecule has 1 aromatic rings. The largest absolute Gasteiger partial charge is 0.494 e. The Morgan fingerprint density at radius 1 is 1.38 bits per heavy atom. The first-order valence-electron chi connectivity index (χ1n) is 5.87. The van der Waals surface area contributed by atoms with Gasteiger partial charge in [-0.1, -0.05) is 18.5 Å². The van der Waals surface area contributed by atoms with E-state index in [2.05, 4.69) is 20.7 Å². The van der Waals surface area contributed by atoms with Crippen molar-refractivity contribution in [3.63, 3.8) is 0 Å².